The third kappa shape index (κ3) is 2.85. The molecule has 1 heterocycles. The van der Waals surface area contributed by atoms with Crippen LogP contribution in [0, 0.1) is 12.7 Å². The fourth-order valence-corrected chi connectivity index (χ4v) is 3.76. The molecule has 0 aliphatic rings. The molecule has 1 unspecified atom stereocenters. The van der Waals surface area contributed by atoms with Crippen molar-refractivity contribution in [2.24, 2.45) is 0 Å². The number of aryl methyl sites for hydroxylation is 1. The average molecular weight is 299 g/mol. The maximum absolute atomic E-state index is 13.2. The predicted molar refractivity (Wildman–Crippen MR) is 88.5 cm³/mol. The minimum Gasteiger partial charge on any atom is -0.313 e. The first-order chi connectivity index (χ1) is 10.2. The monoisotopic (exact) mass is 299 g/mol. The molecule has 0 aliphatic heterocycles. The molecule has 0 saturated carbocycles. The van der Waals surface area contributed by atoms with Crippen molar-refractivity contribution in [1.82, 2.24) is 5.32 Å². The van der Waals surface area contributed by atoms with Gasteiger partial charge in [-0.2, -0.15) is 0 Å². The van der Waals surface area contributed by atoms with Crippen molar-refractivity contribution in [1.29, 1.82) is 0 Å². The van der Waals surface area contributed by atoms with Gasteiger partial charge in [-0.25, -0.2) is 4.39 Å². The second-order valence-corrected chi connectivity index (χ2v) is 6.21. The number of halogens is 1. The third-order valence-corrected chi connectivity index (χ3v) is 4.95. The van der Waals surface area contributed by atoms with Gasteiger partial charge in [0.2, 0.25) is 0 Å². The first-order valence-corrected chi connectivity index (χ1v) is 7.95. The molecule has 1 nitrogen and oxygen atoms in total. The summed E-state index contributed by atoms with van der Waals surface area (Å²) in [7, 11) is 1.98. The highest BCUT2D eigenvalue weighted by molar-refractivity contribution is 7.17. The van der Waals surface area contributed by atoms with Gasteiger partial charge in [0.15, 0.2) is 0 Å². The van der Waals surface area contributed by atoms with Gasteiger partial charge >= 0.3 is 0 Å². The van der Waals surface area contributed by atoms with Crippen molar-refractivity contribution in [3.8, 4) is 0 Å². The van der Waals surface area contributed by atoms with E-state index >= 15 is 0 Å². The van der Waals surface area contributed by atoms with E-state index in [2.05, 4.69) is 35.0 Å². The van der Waals surface area contributed by atoms with E-state index in [0.717, 1.165) is 12.0 Å². The number of benzene rings is 2. The van der Waals surface area contributed by atoms with E-state index < -0.39 is 0 Å². The lowest BCUT2D eigenvalue weighted by Gasteiger charge is -2.17. The van der Waals surface area contributed by atoms with E-state index in [0.29, 0.717) is 0 Å². The van der Waals surface area contributed by atoms with Crippen LogP contribution < -0.4 is 5.32 Å². The van der Waals surface area contributed by atoms with Crippen molar-refractivity contribution < 1.29 is 4.39 Å². The van der Waals surface area contributed by atoms with Gasteiger partial charge in [-0.1, -0.05) is 24.3 Å². The van der Waals surface area contributed by atoms with Gasteiger partial charge < -0.3 is 5.32 Å². The maximum Gasteiger partial charge on any atom is 0.123 e. The van der Waals surface area contributed by atoms with Crippen LogP contribution in [-0.2, 0) is 6.42 Å². The van der Waals surface area contributed by atoms with E-state index in [4.69, 9.17) is 0 Å². The summed E-state index contributed by atoms with van der Waals surface area (Å²) in [4.78, 5) is 0. The zero-order chi connectivity index (χ0) is 14.8. The Bertz CT molecular complexity index is 763. The summed E-state index contributed by atoms with van der Waals surface area (Å²) in [6.07, 6.45) is 0.864. The molecule has 3 heteroatoms. The van der Waals surface area contributed by atoms with E-state index in [-0.39, 0.29) is 11.9 Å². The number of likely N-dealkylation sites (N-methyl/N-ethyl adjacent to an activating group) is 1. The number of hydrogen-bond donors (Lipinski definition) is 1. The van der Waals surface area contributed by atoms with Crippen LogP contribution >= 0.6 is 11.3 Å². The topological polar surface area (TPSA) is 12.0 Å². The Balaban J connectivity index is 1.95. The van der Waals surface area contributed by atoms with E-state index in [1.807, 2.05) is 20.0 Å². The van der Waals surface area contributed by atoms with Crippen LogP contribution in [0.25, 0.3) is 10.1 Å². The van der Waals surface area contributed by atoms with Gasteiger partial charge in [-0.15, -0.1) is 11.3 Å². The molecule has 0 aliphatic carbocycles. The van der Waals surface area contributed by atoms with E-state index in [1.165, 1.54) is 21.2 Å². The summed E-state index contributed by atoms with van der Waals surface area (Å²) in [5, 5.41) is 6.93. The predicted octanol–water partition coefficient (Wildman–Crippen LogP) is 4.85. The van der Waals surface area contributed by atoms with E-state index in [9.17, 15) is 4.39 Å². The lowest BCUT2D eigenvalue weighted by Crippen LogP contribution is -2.19. The smallest absolute Gasteiger partial charge is 0.123 e. The minimum absolute atomic E-state index is 0.168. The van der Waals surface area contributed by atoms with Crippen molar-refractivity contribution in [3.63, 3.8) is 0 Å². The Kier molecular flexibility index (Phi) is 4.04. The molecule has 0 bridgehead atoms. The Morgan fingerprint density at radius 3 is 2.76 bits per heavy atom. The Morgan fingerprint density at radius 1 is 1.19 bits per heavy atom. The summed E-state index contributed by atoms with van der Waals surface area (Å²) in [5.41, 5.74) is 3.52. The molecular formula is C18H18FNS. The summed E-state index contributed by atoms with van der Waals surface area (Å²) in [5.74, 6) is -0.168. The van der Waals surface area contributed by atoms with Crippen LogP contribution in [0.2, 0.25) is 0 Å². The Labute approximate surface area is 128 Å². The highest BCUT2D eigenvalue weighted by atomic mass is 32.1. The molecule has 0 radical (unpaired) electrons. The van der Waals surface area contributed by atoms with Crippen molar-refractivity contribution in [2.45, 2.75) is 19.4 Å². The van der Waals surface area contributed by atoms with Gasteiger partial charge in [-0.05, 0) is 66.0 Å². The number of fused-ring (bicyclic) bond motifs is 1. The molecule has 2 aromatic carbocycles. The lowest BCUT2D eigenvalue weighted by atomic mass is 9.96. The molecule has 0 spiro atoms. The molecular weight excluding hydrogens is 281 g/mol. The summed E-state index contributed by atoms with van der Waals surface area (Å²) in [6.45, 7) is 1.97. The van der Waals surface area contributed by atoms with Crippen LogP contribution in [0.3, 0.4) is 0 Å². The molecule has 0 saturated heterocycles. The molecule has 21 heavy (non-hydrogen) atoms. The molecule has 0 fully saturated rings. The Hall–Kier alpha value is -1.71. The standard InChI is InChI=1S/C18H18FNS/c1-12-9-14(19)8-7-13(12)10-17(20-2)16-11-21-18-6-4-3-5-15(16)18/h3-9,11,17,20H,10H2,1-2H3. The number of nitrogens with one attached hydrogen (secondary N) is 1. The summed E-state index contributed by atoms with van der Waals surface area (Å²) < 4.78 is 14.5. The second-order valence-electron chi connectivity index (χ2n) is 5.30. The molecule has 1 atom stereocenters. The second kappa shape index (κ2) is 5.96. The fraction of sp³-hybridized carbons (Fsp3) is 0.222. The van der Waals surface area contributed by atoms with Crippen LogP contribution in [-0.4, -0.2) is 7.05 Å². The highest BCUT2D eigenvalue weighted by Gasteiger charge is 2.15. The van der Waals surface area contributed by atoms with Gasteiger partial charge in [0, 0.05) is 10.7 Å². The van der Waals surface area contributed by atoms with Crippen molar-refractivity contribution in [2.75, 3.05) is 7.05 Å². The maximum atomic E-state index is 13.2. The number of rotatable bonds is 4. The summed E-state index contributed by atoms with van der Waals surface area (Å²) in [6, 6.07) is 13.8. The van der Waals surface area contributed by atoms with Crippen molar-refractivity contribution in [3.05, 3.63) is 70.4 Å². The number of thiophene rings is 1. The van der Waals surface area contributed by atoms with Gasteiger partial charge in [0.1, 0.15) is 5.82 Å². The van der Waals surface area contributed by atoms with Crippen LogP contribution in [0.4, 0.5) is 4.39 Å². The molecule has 0 amide bonds. The molecule has 3 aromatic rings. The number of hydrogen-bond acceptors (Lipinski definition) is 2. The molecule has 1 N–H and O–H groups in total. The van der Waals surface area contributed by atoms with Gasteiger partial charge in [-0.3, -0.25) is 0 Å². The normalized spacial score (nSPS) is 12.7. The molecule has 3 rings (SSSR count). The average Bonchev–Trinajstić information content (AvgIpc) is 2.91. The van der Waals surface area contributed by atoms with E-state index in [1.54, 1.807) is 23.5 Å². The van der Waals surface area contributed by atoms with Crippen molar-refractivity contribution >= 4 is 21.4 Å². The third-order valence-electron chi connectivity index (χ3n) is 3.96. The van der Waals surface area contributed by atoms with Gasteiger partial charge in [0.05, 0.1) is 0 Å². The quantitative estimate of drug-likeness (QED) is 0.726. The summed E-state index contributed by atoms with van der Waals surface area (Å²) >= 11 is 1.77. The molecule has 1 aromatic heterocycles. The first kappa shape index (κ1) is 14.2. The Morgan fingerprint density at radius 2 is 2.00 bits per heavy atom. The highest BCUT2D eigenvalue weighted by Crippen LogP contribution is 2.32. The minimum atomic E-state index is -0.168. The SMILES string of the molecule is CNC(Cc1ccc(F)cc1C)c1csc2ccccc12. The molecule has 108 valence electrons. The fourth-order valence-electron chi connectivity index (χ4n) is 2.74. The van der Waals surface area contributed by atoms with Crippen LogP contribution in [0.15, 0.2) is 47.8 Å². The first-order valence-electron chi connectivity index (χ1n) is 7.07. The zero-order valence-electron chi connectivity index (χ0n) is 12.2. The zero-order valence-corrected chi connectivity index (χ0v) is 13.0. The largest absolute Gasteiger partial charge is 0.313 e. The lowest BCUT2D eigenvalue weighted by molar-refractivity contribution is 0.592. The van der Waals surface area contributed by atoms with Crippen LogP contribution in [0.1, 0.15) is 22.7 Å². The van der Waals surface area contributed by atoms with Crippen LogP contribution in [0.5, 0.6) is 0 Å². The van der Waals surface area contributed by atoms with Gasteiger partial charge in [0.25, 0.3) is 0 Å².